The average Bonchev–Trinajstić information content (AvgIpc) is 2.96. The Hall–Kier alpha value is -0.480. The molecule has 0 unspecified atom stereocenters. The van der Waals surface area contributed by atoms with Crippen molar-refractivity contribution in [3.63, 3.8) is 0 Å². The molecule has 238 valence electrons. The molecule has 0 aromatic heterocycles. The molecule has 2 aliphatic heterocycles. The van der Waals surface area contributed by atoms with E-state index in [4.69, 9.17) is 23.7 Å². The van der Waals surface area contributed by atoms with Gasteiger partial charge in [0.2, 0.25) is 0 Å². The fourth-order valence-corrected chi connectivity index (χ4v) is 5.06. The molecule has 12 nitrogen and oxygen atoms in total. The molecule has 12 heteroatoms. The van der Waals surface area contributed by atoms with Gasteiger partial charge in [-0.2, -0.15) is 0 Å². The van der Waals surface area contributed by atoms with Crippen LogP contribution in [0.3, 0.4) is 0 Å². The van der Waals surface area contributed by atoms with E-state index in [0.29, 0.717) is 6.61 Å². The molecule has 0 aliphatic carbocycles. The lowest BCUT2D eigenvalue weighted by Crippen LogP contribution is -2.64. The summed E-state index contributed by atoms with van der Waals surface area (Å²) in [7, 11) is 0. The van der Waals surface area contributed by atoms with Crippen LogP contribution in [0.5, 0.6) is 0 Å². The molecule has 10 atom stereocenters. The molecule has 2 aliphatic rings. The van der Waals surface area contributed by atoms with Crippen molar-refractivity contribution < 1.29 is 59.4 Å². The smallest absolute Gasteiger partial charge is 0.187 e. The van der Waals surface area contributed by atoms with Gasteiger partial charge < -0.3 is 59.4 Å². The van der Waals surface area contributed by atoms with E-state index in [0.717, 1.165) is 12.8 Å². The van der Waals surface area contributed by atoms with Gasteiger partial charge in [-0.05, 0) is 6.42 Å². The Balaban J connectivity index is 1.59. The van der Waals surface area contributed by atoms with Gasteiger partial charge in [0.25, 0.3) is 0 Å². The van der Waals surface area contributed by atoms with E-state index in [2.05, 4.69) is 6.92 Å². The molecular formula is C28H54O12. The topological polar surface area (TPSA) is 188 Å². The fourth-order valence-electron chi connectivity index (χ4n) is 5.06. The third-order valence-electron chi connectivity index (χ3n) is 7.61. The van der Waals surface area contributed by atoms with Crippen molar-refractivity contribution in [2.75, 3.05) is 33.0 Å². The molecule has 0 saturated carbocycles. The van der Waals surface area contributed by atoms with Gasteiger partial charge >= 0.3 is 0 Å². The number of aliphatic hydroxyl groups excluding tert-OH is 7. The molecule has 0 aromatic carbocycles. The molecule has 0 radical (unpaired) electrons. The van der Waals surface area contributed by atoms with Gasteiger partial charge in [-0.25, -0.2) is 0 Å². The highest BCUT2D eigenvalue weighted by atomic mass is 16.7. The van der Waals surface area contributed by atoms with Crippen LogP contribution in [0.2, 0.25) is 0 Å². The predicted molar refractivity (Wildman–Crippen MR) is 144 cm³/mol. The monoisotopic (exact) mass is 582 g/mol. The van der Waals surface area contributed by atoms with Crippen LogP contribution in [-0.4, -0.2) is 130 Å². The molecule has 2 rings (SSSR count). The molecule has 2 saturated heterocycles. The zero-order valence-corrected chi connectivity index (χ0v) is 24.0. The lowest BCUT2D eigenvalue weighted by Gasteiger charge is -2.45. The maximum Gasteiger partial charge on any atom is 0.187 e. The largest absolute Gasteiger partial charge is 0.394 e. The highest BCUT2D eigenvalue weighted by molar-refractivity contribution is 4.94. The van der Waals surface area contributed by atoms with Crippen molar-refractivity contribution in [2.24, 2.45) is 0 Å². The molecule has 7 N–H and O–H groups in total. The number of rotatable bonds is 21. The summed E-state index contributed by atoms with van der Waals surface area (Å²) in [5.74, 6) is 0. The molecule has 0 spiro atoms. The highest BCUT2D eigenvalue weighted by Crippen LogP contribution is 2.29. The zero-order chi connectivity index (χ0) is 29.3. The Bertz CT molecular complexity index is 624. The van der Waals surface area contributed by atoms with Crippen LogP contribution in [0, 0.1) is 0 Å². The Morgan fingerprint density at radius 3 is 1.62 bits per heavy atom. The van der Waals surface area contributed by atoms with Gasteiger partial charge in [0.05, 0.1) is 26.4 Å². The van der Waals surface area contributed by atoms with Gasteiger partial charge in [0.15, 0.2) is 12.6 Å². The minimum Gasteiger partial charge on any atom is -0.394 e. The molecule has 0 amide bonds. The number of hydrogen-bond donors (Lipinski definition) is 7. The maximum atomic E-state index is 10.6. The lowest BCUT2D eigenvalue weighted by molar-refractivity contribution is -0.359. The summed E-state index contributed by atoms with van der Waals surface area (Å²) < 4.78 is 27.5. The van der Waals surface area contributed by atoms with Gasteiger partial charge in [0.1, 0.15) is 48.8 Å². The third kappa shape index (κ3) is 11.7. The molecule has 0 aromatic rings. The lowest BCUT2D eigenvalue weighted by atomic mass is 9.97. The van der Waals surface area contributed by atoms with Crippen molar-refractivity contribution in [1.29, 1.82) is 0 Å². The number of unbranched alkanes of at least 4 members (excludes halogenated alkanes) is 11. The Labute approximate surface area is 238 Å². The second kappa shape index (κ2) is 20.4. The summed E-state index contributed by atoms with van der Waals surface area (Å²) in [5.41, 5.74) is 0. The minimum absolute atomic E-state index is 0.100. The van der Waals surface area contributed by atoms with Crippen molar-refractivity contribution in [3.8, 4) is 0 Å². The van der Waals surface area contributed by atoms with E-state index in [1.807, 2.05) is 0 Å². The van der Waals surface area contributed by atoms with Crippen molar-refractivity contribution in [3.05, 3.63) is 0 Å². The van der Waals surface area contributed by atoms with E-state index in [-0.39, 0.29) is 13.2 Å². The fraction of sp³-hybridized carbons (Fsp3) is 1.00. The van der Waals surface area contributed by atoms with Gasteiger partial charge in [0, 0.05) is 6.61 Å². The summed E-state index contributed by atoms with van der Waals surface area (Å²) in [4.78, 5) is 0. The Kier molecular flexibility index (Phi) is 18.2. The van der Waals surface area contributed by atoms with Crippen LogP contribution in [-0.2, 0) is 23.7 Å². The molecule has 2 fully saturated rings. The number of ether oxygens (including phenoxy) is 5. The summed E-state index contributed by atoms with van der Waals surface area (Å²) in [6, 6.07) is 0. The average molecular weight is 583 g/mol. The summed E-state index contributed by atoms with van der Waals surface area (Å²) >= 11 is 0. The first-order valence-corrected chi connectivity index (χ1v) is 15.1. The van der Waals surface area contributed by atoms with Crippen LogP contribution in [0.4, 0.5) is 0 Å². The first-order valence-electron chi connectivity index (χ1n) is 15.1. The second-order valence-corrected chi connectivity index (χ2v) is 10.9. The number of aliphatic hydroxyl groups is 7. The first-order chi connectivity index (χ1) is 19.3. The standard InChI is InChI=1S/C28H54O12/c1-2-3-4-5-6-7-8-9-10-11-12-13-14-36-15-16-37-27-25(35)23(33)26(20(18-30)39-27)40-28-24(34)22(32)21(31)19(17-29)38-28/h19-35H,2-18H2,1H3/t19-,20-,21-,22+,23-,24-,25-,26-,27+,28-/m1/s1. The van der Waals surface area contributed by atoms with E-state index in [1.54, 1.807) is 0 Å². The van der Waals surface area contributed by atoms with Gasteiger partial charge in [-0.15, -0.1) is 0 Å². The van der Waals surface area contributed by atoms with E-state index >= 15 is 0 Å². The number of hydrogen-bond acceptors (Lipinski definition) is 12. The zero-order valence-electron chi connectivity index (χ0n) is 24.0. The summed E-state index contributed by atoms with van der Waals surface area (Å²) in [6.07, 6.45) is 0.562. The normalized spacial score (nSPS) is 34.8. The van der Waals surface area contributed by atoms with Crippen molar-refractivity contribution in [2.45, 2.75) is 145 Å². The van der Waals surface area contributed by atoms with Crippen LogP contribution in [0.1, 0.15) is 84.0 Å². The van der Waals surface area contributed by atoms with Gasteiger partial charge in [-0.1, -0.05) is 77.6 Å². The Morgan fingerprint density at radius 1 is 0.525 bits per heavy atom. The maximum absolute atomic E-state index is 10.6. The summed E-state index contributed by atoms with van der Waals surface area (Å²) in [6.45, 7) is 1.95. The molecular weight excluding hydrogens is 528 g/mol. The van der Waals surface area contributed by atoms with E-state index in [9.17, 15) is 35.7 Å². The second-order valence-electron chi connectivity index (χ2n) is 10.9. The quantitative estimate of drug-likeness (QED) is 0.0922. The van der Waals surface area contributed by atoms with Crippen LogP contribution in [0.25, 0.3) is 0 Å². The van der Waals surface area contributed by atoms with Crippen molar-refractivity contribution >= 4 is 0 Å². The highest BCUT2D eigenvalue weighted by Gasteiger charge is 2.50. The van der Waals surface area contributed by atoms with Crippen LogP contribution < -0.4 is 0 Å². The van der Waals surface area contributed by atoms with Crippen molar-refractivity contribution in [1.82, 2.24) is 0 Å². The molecule has 0 bridgehead atoms. The van der Waals surface area contributed by atoms with E-state index in [1.165, 1.54) is 64.2 Å². The molecule has 40 heavy (non-hydrogen) atoms. The summed E-state index contributed by atoms with van der Waals surface area (Å²) in [5, 5.41) is 70.3. The molecule has 2 heterocycles. The minimum atomic E-state index is -1.71. The van der Waals surface area contributed by atoms with Gasteiger partial charge in [-0.3, -0.25) is 0 Å². The Morgan fingerprint density at radius 2 is 1.05 bits per heavy atom. The third-order valence-corrected chi connectivity index (χ3v) is 7.61. The SMILES string of the molecule is CCCCCCCCCCCCCCOCCO[C@H]1O[C@H](CO)[C@@H](O[C@H]2O[C@H](CO)[C@@H](O)[C@H](O)[C@H]2O)[C@H](O)[C@H]1O. The van der Waals surface area contributed by atoms with Crippen LogP contribution >= 0.6 is 0 Å². The predicted octanol–water partition coefficient (Wildman–Crippen LogP) is 0.345. The van der Waals surface area contributed by atoms with Crippen LogP contribution in [0.15, 0.2) is 0 Å². The van der Waals surface area contributed by atoms with E-state index < -0.39 is 74.6 Å². The first kappa shape index (κ1) is 35.7.